The van der Waals surface area contributed by atoms with Gasteiger partial charge in [-0.05, 0) is 79.9 Å². The summed E-state index contributed by atoms with van der Waals surface area (Å²) in [6.07, 6.45) is 6.68. The molecular weight excluding hydrogens is 476 g/mol. The number of ether oxygens (including phenoxy) is 3. The number of hydrogen-bond donors (Lipinski definition) is 3. The van der Waals surface area contributed by atoms with Gasteiger partial charge in [-0.25, -0.2) is 9.78 Å². The molecule has 0 radical (unpaired) electrons. The normalized spacial score (nSPS) is 28.3. The molecule has 1 aliphatic carbocycles. The van der Waals surface area contributed by atoms with E-state index in [2.05, 4.69) is 29.9 Å². The van der Waals surface area contributed by atoms with Gasteiger partial charge in [0.25, 0.3) is 0 Å². The standard InChI is InChI=1S/C25H33ClN2O5S/c1-3-21(28-24(29)30)25(16-7-11-32-22(34)13-16)8-4-17(5-9-25)33-20-12-15-6-10-27-23(31-2)18(15)14-19(20)26/h6,10,12,14,16-17,21-22,28,34H,3-5,7-9,11,13H2,1-2H3,(H,29,30). The van der Waals surface area contributed by atoms with E-state index in [1.54, 1.807) is 13.3 Å². The molecule has 2 aliphatic rings. The average Bonchev–Trinajstić information content (AvgIpc) is 2.83. The summed E-state index contributed by atoms with van der Waals surface area (Å²) < 4.78 is 17.4. The van der Waals surface area contributed by atoms with Crippen LogP contribution in [-0.4, -0.2) is 47.5 Å². The van der Waals surface area contributed by atoms with E-state index in [9.17, 15) is 9.90 Å². The Morgan fingerprint density at radius 1 is 1.38 bits per heavy atom. The molecule has 186 valence electrons. The van der Waals surface area contributed by atoms with E-state index >= 15 is 0 Å². The van der Waals surface area contributed by atoms with Gasteiger partial charge < -0.3 is 24.6 Å². The largest absolute Gasteiger partial charge is 0.489 e. The second-order valence-corrected chi connectivity index (χ2v) is 10.3. The highest BCUT2D eigenvalue weighted by Crippen LogP contribution is 2.51. The van der Waals surface area contributed by atoms with Gasteiger partial charge >= 0.3 is 6.09 Å². The molecule has 2 N–H and O–H groups in total. The van der Waals surface area contributed by atoms with Crippen LogP contribution in [0.4, 0.5) is 4.79 Å². The third kappa shape index (κ3) is 5.19. The minimum absolute atomic E-state index is 0.0146. The molecule has 3 unspecified atom stereocenters. The van der Waals surface area contributed by atoms with E-state index in [0.717, 1.165) is 55.7 Å². The van der Waals surface area contributed by atoms with Crippen molar-refractivity contribution in [2.45, 2.75) is 69.5 Å². The molecule has 34 heavy (non-hydrogen) atoms. The highest BCUT2D eigenvalue weighted by atomic mass is 35.5. The Morgan fingerprint density at radius 3 is 2.79 bits per heavy atom. The van der Waals surface area contributed by atoms with Gasteiger partial charge in [-0.2, -0.15) is 0 Å². The number of rotatable bonds is 7. The van der Waals surface area contributed by atoms with Crippen molar-refractivity contribution in [3.8, 4) is 11.6 Å². The van der Waals surface area contributed by atoms with Crippen LogP contribution in [0.2, 0.25) is 5.02 Å². The summed E-state index contributed by atoms with van der Waals surface area (Å²) in [6.45, 7) is 2.72. The van der Waals surface area contributed by atoms with E-state index in [0.29, 0.717) is 29.2 Å². The van der Waals surface area contributed by atoms with Gasteiger partial charge in [-0.15, -0.1) is 12.6 Å². The zero-order chi connectivity index (χ0) is 24.3. The van der Waals surface area contributed by atoms with Crippen molar-refractivity contribution in [1.29, 1.82) is 0 Å². The zero-order valence-electron chi connectivity index (χ0n) is 19.6. The van der Waals surface area contributed by atoms with E-state index in [4.69, 9.17) is 25.8 Å². The maximum absolute atomic E-state index is 11.6. The van der Waals surface area contributed by atoms with Crippen LogP contribution in [0.15, 0.2) is 24.4 Å². The molecule has 2 fully saturated rings. The molecule has 1 aromatic heterocycles. The fraction of sp³-hybridized carbons (Fsp3) is 0.600. The molecule has 4 rings (SSSR count). The van der Waals surface area contributed by atoms with Crippen molar-refractivity contribution in [2.24, 2.45) is 11.3 Å². The van der Waals surface area contributed by atoms with E-state index < -0.39 is 6.09 Å². The number of thiol groups is 1. The van der Waals surface area contributed by atoms with Crippen LogP contribution in [0.1, 0.15) is 51.9 Å². The predicted molar refractivity (Wildman–Crippen MR) is 135 cm³/mol. The lowest BCUT2D eigenvalue weighted by Gasteiger charge is -2.51. The van der Waals surface area contributed by atoms with Crippen molar-refractivity contribution in [2.75, 3.05) is 13.7 Å². The van der Waals surface area contributed by atoms with Crippen LogP contribution in [0.25, 0.3) is 10.8 Å². The summed E-state index contributed by atoms with van der Waals surface area (Å²) in [4.78, 5) is 15.8. The number of hydrogen-bond acceptors (Lipinski definition) is 6. The first-order valence-electron chi connectivity index (χ1n) is 11.9. The molecule has 1 saturated heterocycles. The Hall–Kier alpha value is -1.90. The molecule has 0 spiro atoms. The molecule has 1 aliphatic heterocycles. The van der Waals surface area contributed by atoms with Gasteiger partial charge in [-0.3, -0.25) is 0 Å². The number of amides is 1. The zero-order valence-corrected chi connectivity index (χ0v) is 21.3. The number of methoxy groups -OCH3 is 1. The number of carbonyl (C=O) groups is 1. The monoisotopic (exact) mass is 508 g/mol. The summed E-state index contributed by atoms with van der Waals surface area (Å²) in [5.41, 5.74) is -0.237. The third-order valence-electron chi connectivity index (χ3n) is 7.61. The van der Waals surface area contributed by atoms with Gasteiger partial charge in [0.15, 0.2) is 0 Å². The molecule has 7 nitrogen and oxygen atoms in total. The van der Waals surface area contributed by atoms with Crippen LogP contribution in [0.5, 0.6) is 11.6 Å². The van der Waals surface area contributed by atoms with Gasteiger partial charge in [0.1, 0.15) is 11.2 Å². The van der Waals surface area contributed by atoms with Crippen molar-refractivity contribution < 1.29 is 24.1 Å². The minimum Gasteiger partial charge on any atom is -0.489 e. The predicted octanol–water partition coefficient (Wildman–Crippen LogP) is 5.93. The van der Waals surface area contributed by atoms with Gasteiger partial charge in [0.2, 0.25) is 5.88 Å². The van der Waals surface area contributed by atoms with Crippen LogP contribution in [-0.2, 0) is 4.74 Å². The number of pyridine rings is 1. The highest BCUT2D eigenvalue weighted by Gasteiger charge is 2.49. The Kier molecular flexibility index (Phi) is 8.00. The smallest absolute Gasteiger partial charge is 0.404 e. The Bertz CT molecular complexity index is 1010. The second kappa shape index (κ2) is 10.8. The summed E-state index contributed by atoms with van der Waals surface area (Å²) in [5, 5.41) is 14.7. The van der Waals surface area contributed by atoms with Crippen LogP contribution >= 0.6 is 24.2 Å². The number of nitrogens with one attached hydrogen (secondary N) is 1. The first-order chi connectivity index (χ1) is 16.4. The maximum atomic E-state index is 11.6. The number of aromatic nitrogens is 1. The highest BCUT2D eigenvalue weighted by molar-refractivity contribution is 7.80. The lowest BCUT2D eigenvalue weighted by Crippen LogP contribution is -2.54. The summed E-state index contributed by atoms with van der Waals surface area (Å²) >= 11 is 11.1. The van der Waals surface area contributed by atoms with Crippen molar-refractivity contribution in [3.63, 3.8) is 0 Å². The second-order valence-electron chi connectivity index (χ2n) is 9.33. The number of benzene rings is 1. The molecule has 1 aromatic carbocycles. The summed E-state index contributed by atoms with van der Waals surface area (Å²) in [6, 6.07) is 5.58. The molecule has 2 aromatic rings. The fourth-order valence-corrected chi connectivity index (χ4v) is 6.53. The maximum Gasteiger partial charge on any atom is 0.404 e. The topological polar surface area (TPSA) is 89.9 Å². The van der Waals surface area contributed by atoms with Crippen LogP contribution < -0.4 is 14.8 Å². The summed E-state index contributed by atoms with van der Waals surface area (Å²) in [7, 11) is 1.59. The van der Waals surface area contributed by atoms with Crippen molar-refractivity contribution in [1.82, 2.24) is 10.3 Å². The molecule has 1 saturated carbocycles. The number of halogens is 1. The molecule has 9 heteroatoms. The molecule has 3 atom stereocenters. The number of nitrogens with zero attached hydrogens (tertiary/aromatic N) is 1. The third-order valence-corrected chi connectivity index (χ3v) is 8.26. The van der Waals surface area contributed by atoms with Gasteiger partial charge in [0, 0.05) is 24.2 Å². The SMILES string of the molecule is CCC(NC(=O)O)C1(C2CCOC(S)C2)CCC(Oc2cc3ccnc(OC)c3cc2Cl)CC1. The number of fused-ring (bicyclic) bond motifs is 1. The Labute approximate surface area is 210 Å². The Balaban J connectivity index is 1.53. The van der Waals surface area contributed by atoms with Crippen LogP contribution in [0.3, 0.4) is 0 Å². The molecular formula is C25H33ClN2O5S. The Morgan fingerprint density at radius 2 is 2.15 bits per heavy atom. The average molecular weight is 509 g/mol. The molecule has 1 amide bonds. The minimum atomic E-state index is -0.966. The van der Waals surface area contributed by atoms with Gasteiger partial charge in [-0.1, -0.05) is 18.5 Å². The lowest BCUT2D eigenvalue weighted by molar-refractivity contribution is -0.0535. The lowest BCUT2D eigenvalue weighted by atomic mass is 9.58. The first-order valence-corrected chi connectivity index (χ1v) is 12.8. The quantitative estimate of drug-likeness (QED) is 0.401. The fourth-order valence-electron chi connectivity index (χ4n) is 5.97. The molecule has 2 heterocycles. The van der Waals surface area contributed by atoms with Gasteiger partial charge in [0.05, 0.1) is 18.2 Å². The van der Waals surface area contributed by atoms with Crippen LogP contribution in [0, 0.1) is 11.3 Å². The summed E-state index contributed by atoms with van der Waals surface area (Å²) in [5.74, 6) is 1.53. The van der Waals surface area contributed by atoms with E-state index in [1.807, 2.05) is 18.2 Å². The van der Waals surface area contributed by atoms with E-state index in [1.165, 1.54) is 0 Å². The molecule has 0 bridgehead atoms. The number of carboxylic acid groups (broad SMARTS) is 1. The van der Waals surface area contributed by atoms with E-state index in [-0.39, 0.29) is 23.0 Å². The van der Waals surface area contributed by atoms with Crippen molar-refractivity contribution in [3.05, 3.63) is 29.4 Å². The van der Waals surface area contributed by atoms with Crippen molar-refractivity contribution >= 4 is 41.1 Å². The first kappa shape index (κ1) is 25.2.